The van der Waals surface area contributed by atoms with Crippen molar-refractivity contribution in [3.63, 3.8) is 0 Å². The Hall–Kier alpha value is -4.12. The van der Waals surface area contributed by atoms with Crippen LogP contribution < -0.4 is 10.6 Å². The van der Waals surface area contributed by atoms with E-state index in [1.807, 2.05) is 48.2 Å². The summed E-state index contributed by atoms with van der Waals surface area (Å²) >= 11 is 0. The minimum atomic E-state index is -0.940. The fourth-order valence-electron chi connectivity index (χ4n) is 7.91. The molecule has 4 aliphatic rings. The van der Waals surface area contributed by atoms with Gasteiger partial charge in [-0.05, 0) is 80.8 Å². The largest absolute Gasteiger partial charge is 0.438 e. The lowest BCUT2D eigenvalue weighted by molar-refractivity contribution is -0.143. The number of rotatable bonds is 5. The molecule has 3 fully saturated rings. The summed E-state index contributed by atoms with van der Waals surface area (Å²) in [5.74, 6) is 1.22. The predicted octanol–water partition coefficient (Wildman–Crippen LogP) is 4.71. The molecular weight excluding hydrogens is 572 g/mol. The van der Waals surface area contributed by atoms with Crippen LogP contribution in [0.2, 0.25) is 0 Å². The van der Waals surface area contributed by atoms with Crippen LogP contribution in [0, 0.1) is 18.8 Å². The number of aromatic amines is 1. The molecule has 1 spiro atoms. The van der Waals surface area contributed by atoms with Crippen molar-refractivity contribution < 1.29 is 23.9 Å². The summed E-state index contributed by atoms with van der Waals surface area (Å²) in [7, 11) is 0. The highest BCUT2D eigenvalue weighted by Gasteiger charge is 2.46. The molecule has 5 heterocycles. The third-order valence-corrected chi connectivity index (χ3v) is 10.4. The highest BCUT2D eigenvalue weighted by atomic mass is 16.6. The van der Waals surface area contributed by atoms with Crippen LogP contribution in [-0.4, -0.2) is 83.5 Å². The number of amides is 3. The number of nitrogens with one attached hydrogen (secondary N) is 3. The van der Waals surface area contributed by atoms with Gasteiger partial charge in [0.15, 0.2) is 6.10 Å². The van der Waals surface area contributed by atoms with E-state index in [1.54, 1.807) is 11.1 Å². The number of piperidine rings is 3. The first-order valence-corrected chi connectivity index (χ1v) is 16.4. The highest BCUT2D eigenvalue weighted by molar-refractivity contribution is 5.89. The molecule has 45 heavy (non-hydrogen) atoms. The second-order valence-corrected chi connectivity index (χ2v) is 13.1. The number of anilines is 1. The standard InChI is InChI=1S/C34H42N6O5/c1-22-18-23(19-26-21-36-38-30(22)26)20-29(31(41)39-14-8-25(9-15-39)24-6-12-35-13-7-24)44-33(43)40-16-10-34(11-17-40)27-4-2-3-5-28(27)37-32(42)45-34/h2-5,18-19,21,24-25,29,35H,6-17,20H2,1H3,(H,36,38)(H,37,42)/t29-/m1/s1. The van der Waals surface area contributed by atoms with Gasteiger partial charge in [-0.1, -0.05) is 24.3 Å². The number of para-hydroxylation sites is 1. The Labute approximate surface area is 263 Å². The lowest BCUT2D eigenvalue weighted by Gasteiger charge is -2.44. The van der Waals surface area contributed by atoms with Crippen LogP contribution in [0.15, 0.2) is 42.6 Å². The molecule has 0 saturated carbocycles. The SMILES string of the molecule is Cc1cc(C[C@@H](OC(=O)N2CCC3(CC2)OC(=O)Nc2ccccc23)C(=O)N2CCC(C3CCNCC3)CC2)cc2cn[nH]c12. The van der Waals surface area contributed by atoms with E-state index in [0.717, 1.165) is 65.1 Å². The quantitative estimate of drug-likeness (QED) is 0.380. The van der Waals surface area contributed by atoms with Crippen LogP contribution >= 0.6 is 0 Å². The van der Waals surface area contributed by atoms with Gasteiger partial charge >= 0.3 is 12.2 Å². The van der Waals surface area contributed by atoms with E-state index in [2.05, 4.69) is 20.8 Å². The monoisotopic (exact) mass is 614 g/mol. The molecule has 0 unspecified atom stereocenters. The van der Waals surface area contributed by atoms with E-state index in [4.69, 9.17) is 9.47 Å². The zero-order valence-corrected chi connectivity index (χ0v) is 25.8. The number of H-pyrrole nitrogens is 1. The second-order valence-electron chi connectivity index (χ2n) is 13.1. The van der Waals surface area contributed by atoms with Crippen molar-refractivity contribution >= 4 is 34.7 Å². The van der Waals surface area contributed by atoms with Gasteiger partial charge in [0.1, 0.15) is 5.60 Å². The number of hydrogen-bond acceptors (Lipinski definition) is 7. The molecule has 3 aromatic rings. The maximum atomic E-state index is 14.1. The number of carbonyl (C=O) groups excluding carboxylic acids is 3. The number of nitrogens with zero attached hydrogens (tertiary/aromatic N) is 3. The molecule has 0 aliphatic carbocycles. The molecule has 3 amide bonds. The van der Waals surface area contributed by atoms with Gasteiger partial charge in [0.25, 0.3) is 5.91 Å². The van der Waals surface area contributed by atoms with Crippen LogP contribution in [0.25, 0.3) is 10.9 Å². The Bertz CT molecular complexity index is 1570. The molecule has 3 saturated heterocycles. The lowest BCUT2D eigenvalue weighted by Crippen LogP contribution is -2.52. The first-order valence-electron chi connectivity index (χ1n) is 16.4. The number of carbonyl (C=O) groups is 3. The first kappa shape index (κ1) is 29.6. The molecule has 0 bridgehead atoms. The molecule has 3 N–H and O–H groups in total. The summed E-state index contributed by atoms with van der Waals surface area (Å²) in [5, 5.41) is 14.4. The van der Waals surface area contributed by atoms with Crippen molar-refractivity contribution in [3.8, 4) is 0 Å². The lowest BCUT2D eigenvalue weighted by atomic mass is 9.79. The Morgan fingerprint density at radius 3 is 2.53 bits per heavy atom. The van der Waals surface area contributed by atoms with E-state index in [9.17, 15) is 14.4 Å². The van der Waals surface area contributed by atoms with Crippen LogP contribution in [0.5, 0.6) is 0 Å². The zero-order valence-electron chi connectivity index (χ0n) is 25.8. The molecule has 4 aliphatic heterocycles. The molecule has 11 heteroatoms. The maximum Gasteiger partial charge on any atom is 0.412 e. The first-order chi connectivity index (χ1) is 21.9. The van der Waals surface area contributed by atoms with Crippen molar-refractivity contribution in [1.82, 2.24) is 25.3 Å². The van der Waals surface area contributed by atoms with Gasteiger partial charge in [-0.25, -0.2) is 9.59 Å². The molecule has 7 rings (SSSR count). The number of likely N-dealkylation sites (tertiary alicyclic amines) is 2. The third-order valence-electron chi connectivity index (χ3n) is 10.4. The van der Waals surface area contributed by atoms with Crippen LogP contribution in [-0.2, 0) is 26.3 Å². The van der Waals surface area contributed by atoms with Gasteiger partial charge in [-0.3, -0.25) is 15.2 Å². The summed E-state index contributed by atoms with van der Waals surface area (Å²) < 4.78 is 11.9. The molecule has 1 atom stereocenters. The Kier molecular flexibility index (Phi) is 8.12. The van der Waals surface area contributed by atoms with E-state index >= 15 is 0 Å². The number of fused-ring (bicyclic) bond motifs is 3. The van der Waals surface area contributed by atoms with Gasteiger partial charge in [-0.2, -0.15) is 5.10 Å². The zero-order chi connectivity index (χ0) is 31.0. The molecule has 0 radical (unpaired) electrons. The van der Waals surface area contributed by atoms with Gasteiger partial charge in [0.05, 0.1) is 17.4 Å². The van der Waals surface area contributed by atoms with E-state index in [0.29, 0.717) is 44.9 Å². The highest BCUT2D eigenvalue weighted by Crippen LogP contribution is 2.43. The van der Waals surface area contributed by atoms with E-state index < -0.39 is 23.9 Å². The second kappa shape index (κ2) is 12.3. The number of aryl methyl sites for hydroxylation is 1. The van der Waals surface area contributed by atoms with Crippen molar-refractivity contribution in [2.45, 2.75) is 63.6 Å². The van der Waals surface area contributed by atoms with Gasteiger partial charge in [-0.15, -0.1) is 0 Å². The van der Waals surface area contributed by atoms with Crippen molar-refractivity contribution in [2.24, 2.45) is 11.8 Å². The molecule has 2 aromatic carbocycles. The average molecular weight is 615 g/mol. The maximum absolute atomic E-state index is 14.1. The minimum Gasteiger partial charge on any atom is -0.438 e. The van der Waals surface area contributed by atoms with Crippen molar-refractivity contribution in [2.75, 3.05) is 44.6 Å². The predicted molar refractivity (Wildman–Crippen MR) is 169 cm³/mol. The fourth-order valence-corrected chi connectivity index (χ4v) is 7.91. The topological polar surface area (TPSA) is 129 Å². The fraction of sp³-hybridized carbons (Fsp3) is 0.529. The van der Waals surface area contributed by atoms with Crippen LogP contribution in [0.1, 0.15) is 55.2 Å². The number of benzene rings is 2. The van der Waals surface area contributed by atoms with Crippen LogP contribution in [0.4, 0.5) is 15.3 Å². The summed E-state index contributed by atoms with van der Waals surface area (Å²) in [4.78, 5) is 43.6. The summed E-state index contributed by atoms with van der Waals surface area (Å²) in [6, 6.07) is 11.7. The number of ether oxygens (including phenoxy) is 2. The molecule has 238 valence electrons. The molecule has 11 nitrogen and oxygen atoms in total. The average Bonchev–Trinajstić information content (AvgIpc) is 3.54. The number of hydrogen-bond donors (Lipinski definition) is 3. The van der Waals surface area contributed by atoms with Crippen molar-refractivity contribution in [3.05, 3.63) is 59.3 Å². The van der Waals surface area contributed by atoms with Gasteiger partial charge in [0.2, 0.25) is 0 Å². The Balaban J connectivity index is 1.05. The minimum absolute atomic E-state index is 0.133. The Morgan fingerprint density at radius 1 is 1.02 bits per heavy atom. The third kappa shape index (κ3) is 5.97. The Morgan fingerprint density at radius 2 is 1.76 bits per heavy atom. The van der Waals surface area contributed by atoms with E-state index in [-0.39, 0.29) is 12.3 Å². The van der Waals surface area contributed by atoms with Gasteiger partial charge in [0, 0.05) is 56.4 Å². The van der Waals surface area contributed by atoms with E-state index in [1.165, 1.54) is 12.8 Å². The summed E-state index contributed by atoms with van der Waals surface area (Å²) in [6.45, 7) is 6.23. The molecule has 1 aromatic heterocycles. The summed E-state index contributed by atoms with van der Waals surface area (Å²) in [6.07, 6.45) is 5.40. The summed E-state index contributed by atoms with van der Waals surface area (Å²) in [5.41, 5.74) is 3.78. The normalized spacial score (nSPS) is 21.2. The smallest absolute Gasteiger partial charge is 0.412 e. The number of aromatic nitrogens is 2. The van der Waals surface area contributed by atoms with Crippen molar-refractivity contribution in [1.29, 1.82) is 0 Å². The van der Waals surface area contributed by atoms with Crippen LogP contribution in [0.3, 0.4) is 0 Å². The molecular formula is C34H42N6O5. The van der Waals surface area contributed by atoms with Gasteiger partial charge < -0.3 is 24.6 Å².